The van der Waals surface area contributed by atoms with E-state index in [1.54, 1.807) is 12.5 Å². The van der Waals surface area contributed by atoms with Crippen molar-refractivity contribution < 1.29 is 33.0 Å². The first-order valence-corrected chi connectivity index (χ1v) is 12.1. The molecule has 0 radical (unpaired) electrons. The van der Waals surface area contributed by atoms with Gasteiger partial charge in [0, 0.05) is 34.7 Å². The van der Waals surface area contributed by atoms with Gasteiger partial charge < -0.3 is 18.6 Å². The summed E-state index contributed by atoms with van der Waals surface area (Å²) in [7, 11) is 1.38. The summed E-state index contributed by atoms with van der Waals surface area (Å²) in [6.07, 6.45) is 4.23. The molecule has 4 aliphatic rings. The molecule has 7 atom stereocenters. The summed E-state index contributed by atoms with van der Waals surface area (Å²) in [5, 5.41) is 0. The lowest BCUT2D eigenvalue weighted by Gasteiger charge is -2.70. The van der Waals surface area contributed by atoms with Gasteiger partial charge in [0.2, 0.25) is 0 Å². The van der Waals surface area contributed by atoms with Crippen LogP contribution in [-0.2, 0) is 28.6 Å². The second-order valence-electron chi connectivity index (χ2n) is 11.6. The largest absolute Gasteiger partial charge is 0.472 e. The Morgan fingerprint density at radius 2 is 1.97 bits per heavy atom. The van der Waals surface area contributed by atoms with Crippen molar-refractivity contribution in [1.29, 1.82) is 0 Å². The van der Waals surface area contributed by atoms with Crippen LogP contribution in [0, 0.1) is 28.1 Å². The van der Waals surface area contributed by atoms with Crippen LogP contribution in [0.5, 0.6) is 0 Å². The van der Waals surface area contributed by atoms with Gasteiger partial charge in [0.1, 0.15) is 17.5 Å². The van der Waals surface area contributed by atoms with Crippen LogP contribution < -0.4 is 0 Å². The number of carbonyl (C=O) groups is 3. The molecule has 0 aromatic carbocycles. The number of fused-ring (bicyclic) bond motifs is 3. The first kappa shape index (κ1) is 23.3. The quantitative estimate of drug-likeness (QED) is 0.472. The molecule has 1 aromatic heterocycles. The molecule has 184 valence electrons. The molecule has 5 rings (SSSR count). The maximum Gasteiger partial charge on any atom is 0.309 e. The lowest BCUT2D eigenvalue weighted by Crippen LogP contribution is -2.72. The SMILES string of the molecule is C=C1[C@@H]2CC[C@@]3(C)[C@H](c4ccoc4)OC(=O)C[C@]13O[C@@H]1CC(=O)C(C)(C)[C@H](CC(=O)OC)[C@]12C. The first-order valence-electron chi connectivity index (χ1n) is 12.1. The van der Waals surface area contributed by atoms with Gasteiger partial charge in [-0.15, -0.1) is 0 Å². The maximum atomic E-state index is 13.4. The van der Waals surface area contributed by atoms with Gasteiger partial charge in [-0.2, -0.15) is 0 Å². The molecule has 0 N–H and O–H groups in total. The number of methoxy groups -OCH3 is 1. The van der Waals surface area contributed by atoms with E-state index in [-0.39, 0.29) is 48.8 Å². The highest BCUT2D eigenvalue weighted by molar-refractivity contribution is 5.87. The average Bonchev–Trinajstić information content (AvgIpc) is 3.30. The van der Waals surface area contributed by atoms with E-state index in [0.717, 1.165) is 24.0 Å². The molecule has 2 saturated carbocycles. The van der Waals surface area contributed by atoms with Crippen LogP contribution in [-0.4, -0.2) is 36.5 Å². The number of esters is 2. The third kappa shape index (κ3) is 2.76. The molecule has 7 heteroatoms. The zero-order valence-electron chi connectivity index (χ0n) is 20.6. The number of hydrogen-bond donors (Lipinski definition) is 0. The lowest BCUT2D eigenvalue weighted by molar-refractivity contribution is -0.298. The summed E-state index contributed by atoms with van der Waals surface area (Å²) in [5.74, 6) is -0.889. The number of carbonyl (C=O) groups excluding carboxylic acids is 3. The third-order valence-electron chi connectivity index (χ3n) is 9.98. The van der Waals surface area contributed by atoms with E-state index >= 15 is 0 Å². The Morgan fingerprint density at radius 3 is 2.62 bits per heavy atom. The first-order chi connectivity index (χ1) is 15.9. The number of Topliss-reactive ketones (excluding diaryl/α,β-unsaturated/α-hetero) is 1. The van der Waals surface area contributed by atoms with E-state index in [1.807, 2.05) is 19.9 Å². The Balaban J connectivity index is 1.63. The molecule has 4 fully saturated rings. The van der Waals surface area contributed by atoms with Gasteiger partial charge in [-0.1, -0.05) is 34.3 Å². The predicted octanol–water partition coefficient (Wildman–Crippen LogP) is 4.56. The topological polar surface area (TPSA) is 92.0 Å². The average molecular weight is 471 g/mol. The summed E-state index contributed by atoms with van der Waals surface area (Å²) in [5.41, 5.74) is -1.05. The highest BCUT2D eigenvalue weighted by Crippen LogP contribution is 2.71. The van der Waals surface area contributed by atoms with E-state index in [9.17, 15) is 14.4 Å². The zero-order valence-corrected chi connectivity index (χ0v) is 20.6. The molecular weight excluding hydrogens is 436 g/mol. The number of furan rings is 1. The third-order valence-corrected chi connectivity index (χ3v) is 9.98. The summed E-state index contributed by atoms with van der Waals surface area (Å²) < 4.78 is 23.2. The number of ketones is 1. The maximum absolute atomic E-state index is 13.4. The standard InChI is InChI=1S/C27H34O7/c1-15-17-7-9-25(4)23(16-8-10-32-14-16)33-22(30)13-27(15,25)34-20-12-19(28)24(2,3)18(26(17,20)5)11-21(29)31-6/h8,10,14,17-18,20,23H,1,7,9,11-13H2,2-6H3/t17-,18-,20+,23-,25-,26+,27-/m0/s1. The van der Waals surface area contributed by atoms with Crippen LogP contribution in [0.4, 0.5) is 0 Å². The highest BCUT2D eigenvalue weighted by atomic mass is 16.6. The number of rotatable bonds is 3. The fraction of sp³-hybridized carbons (Fsp3) is 0.667. The molecule has 0 unspecified atom stereocenters. The van der Waals surface area contributed by atoms with Crippen LogP contribution in [0.25, 0.3) is 0 Å². The molecule has 2 saturated heterocycles. The molecule has 2 aliphatic carbocycles. The minimum atomic E-state index is -0.949. The van der Waals surface area contributed by atoms with Gasteiger partial charge in [0.25, 0.3) is 0 Å². The van der Waals surface area contributed by atoms with Crippen molar-refractivity contribution >= 4 is 17.7 Å². The van der Waals surface area contributed by atoms with Crippen LogP contribution in [0.15, 0.2) is 35.2 Å². The molecule has 7 nitrogen and oxygen atoms in total. The fourth-order valence-electron chi connectivity index (χ4n) is 7.88. The van der Waals surface area contributed by atoms with Crippen LogP contribution in [0.3, 0.4) is 0 Å². The van der Waals surface area contributed by atoms with E-state index < -0.39 is 34.1 Å². The van der Waals surface area contributed by atoms with E-state index in [4.69, 9.17) is 18.6 Å². The summed E-state index contributed by atoms with van der Waals surface area (Å²) in [6.45, 7) is 12.6. The minimum Gasteiger partial charge on any atom is -0.472 e. The van der Waals surface area contributed by atoms with Gasteiger partial charge >= 0.3 is 11.9 Å². The van der Waals surface area contributed by atoms with Crippen LogP contribution in [0.1, 0.15) is 71.5 Å². The summed E-state index contributed by atoms with van der Waals surface area (Å²) in [6, 6.07) is 1.82. The van der Waals surface area contributed by atoms with Crippen LogP contribution in [0.2, 0.25) is 0 Å². The Labute approximate surface area is 200 Å². The van der Waals surface area contributed by atoms with Crippen molar-refractivity contribution in [2.75, 3.05) is 7.11 Å². The lowest BCUT2D eigenvalue weighted by atomic mass is 9.41. The second-order valence-corrected chi connectivity index (χ2v) is 11.6. The monoisotopic (exact) mass is 470 g/mol. The molecule has 1 aromatic rings. The second kappa shape index (κ2) is 7.30. The normalized spacial score (nSPS) is 42.9. The van der Waals surface area contributed by atoms with Gasteiger partial charge in [0.15, 0.2) is 0 Å². The summed E-state index contributed by atoms with van der Waals surface area (Å²) in [4.78, 5) is 38.8. The minimum absolute atomic E-state index is 0.00254. The van der Waals surface area contributed by atoms with Gasteiger partial charge in [-0.25, -0.2) is 0 Å². The van der Waals surface area contributed by atoms with Crippen molar-refractivity contribution in [2.24, 2.45) is 28.1 Å². The Morgan fingerprint density at radius 1 is 1.24 bits per heavy atom. The van der Waals surface area contributed by atoms with Crippen molar-refractivity contribution in [3.63, 3.8) is 0 Å². The Hall–Kier alpha value is -2.41. The number of cyclic esters (lactones) is 1. The van der Waals surface area contributed by atoms with E-state index in [2.05, 4.69) is 20.4 Å². The zero-order chi connectivity index (χ0) is 24.7. The van der Waals surface area contributed by atoms with Gasteiger partial charge in [0.05, 0.1) is 32.2 Å². The molecule has 1 spiro atoms. The van der Waals surface area contributed by atoms with E-state index in [0.29, 0.717) is 0 Å². The number of hydrogen-bond acceptors (Lipinski definition) is 7. The smallest absolute Gasteiger partial charge is 0.309 e. The van der Waals surface area contributed by atoms with Crippen LogP contribution >= 0.6 is 0 Å². The van der Waals surface area contributed by atoms with Gasteiger partial charge in [-0.3, -0.25) is 14.4 Å². The molecule has 2 aliphatic heterocycles. The highest BCUT2D eigenvalue weighted by Gasteiger charge is 2.73. The predicted molar refractivity (Wildman–Crippen MR) is 121 cm³/mol. The fourth-order valence-corrected chi connectivity index (χ4v) is 7.88. The molecular formula is C27H34O7. The number of ether oxygens (including phenoxy) is 3. The van der Waals surface area contributed by atoms with Crippen molar-refractivity contribution in [2.45, 2.75) is 77.6 Å². The molecule has 2 bridgehead atoms. The van der Waals surface area contributed by atoms with Crippen molar-refractivity contribution in [1.82, 2.24) is 0 Å². The Kier molecular flexibility index (Phi) is 5.01. The summed E-state index contributed by atoms with van der Waals surface area (Å²) >= 11 is 0. The molecule has 0 amide bonds. The van der Waals surface area contributed by atoms with Crippen molar-refractivity contribution in [3.8, 4) is 0 Å². The van der Waals surface area contributed by atoms with Gasteiger partial charge in [-0.05, 0) is 36.3 Å². The molecule has 34 heavy (non-hydrogen) atoms. The van der Waals surface area contributed by atoms with E-state index in [1.165, 1.54) is 7.11 Å². The van der Waals surface area contributed by atoms with Crippen molar-refractivity contribution in [3.05, 3.63) is 36.3 Å². The Bertz CT molecular complexity index is 1060. The molecule has 3 heterocycles.